The lowest BCUT2D eigenvalue weighted by atomic mass is 10.1. The van der Waals surface area contributed by atoms with Gasteiger partial charge in [-0.25, -0.2) is 0 Å². The summed E-state index contributed by atoms with van der Waals surface area (Å²) in [6.07, 6.45) is 1.48. The van der Waals surface area contributed by atoms with Crippen molar-refractivity contribution in [3.05, 3.63) is 81.2 Å². The Hall–Kier alpha value is -3.67. The van der Waals surface area contributed by atoms with Crippen LogP contribution in [0.4, 0.5) is 4.79 Å². The van der Waals surface area contributed by atoms with Crippen LogP contribution in [0.1, 0.15) is 16.7 Å². The molecule has 0 aliphatic carbocycles. The number of hydrogen-bond acceptors (Lipinski definition) is 9. The predicted octanol–water partition coefficient (Wildman–Crippen LogP) is 5.39. The van der Waals surface area contributed by atoms with Crippen LogP contribution in [0, 0.1) is 6.92 Å². The number of amides is 2. The number of carbonyl (C=O) groups is 2. The van der Waals surface area contributed by atoms with Crippen molar-refractivity contribution >= 4 is 50.7 Å². The third kappa shape index (κ3) is 5.17. The summed E-state index contributed by atoms with van der Waals surface area (Å²) in [5.74, 6) is 0.587. The van der Waals surface area contributed by atoms with E-state index in [0.29, 0.717) is 27.6 Å². The Morgan fingerprint density at radius 3 is 2.45 bits per heavy atom. The minimum atomic E-state index is -4.14. The van der Waals surface area contributed by atoms with Gasteiger partial charge >= 0.3 is 10.1 Å². The second kappa shape index (κ2) is 10.2. The fourth-order valence-electron chi connectivity index (χ4n) is 3.76. The summed E-state index contributed by atoms with van der Waals surface area (Å²) in [5.41, 5.74) is 1.87. The molecule has 5 rings (SSSR count). The van der Waals surface area contributed by atoms with Gasteiger partial charge in [-0.1, -0.05) is 35.4 Å². The molecule has 3 aromatic rings. The maximum atomic E-state index is 13.1. The van der Waals surface area contributed by atoms with Gasteiger partial charge in [0.05, 0.1) is 18.6 Å². The van der Waals surface area contributed by atoms with Crippen LogP contribution < -0.4 is 18.4 Å². The highest BCUT2D eigenvalue weighted by atomic mass is 35.5. The number of thioether (sulfide) groups is 1. The van der Waals surface area contributed by atoms with E-state index in [2.05, 4.69) is 0 Å². The third-order valence-electron chi connectivity index (χ3n) is 5.74. The second-order valence-electron chi connectivity index (χ2n) is 8.33. The molecule has 0 atom stereocenters. The third-order valence-corrected chi connectivity index (χ3v) is 8.25. The van der Waals surface area contributed by atoms with Crippen LogP contribution in [0.25, 0.3) is 6.08 Å². The summed E-state index contributed by atoms with van der Waals surface area (Å²) in [6, 6.07) is 14.0. The van der Waals surface area contributed by atoms with E-state index in [0.717, 1.165) is 22.2 Å². The molecule has 2 aliphatic heterocycles. The number of imide groups is 1. The monoisotopic (exact) mass is 573 g/mol. The van der Waals surface area contributed by atoms with E-state index in [-0.39, 0.29) is 34.6 Å². The number of aryl methyl sites for hydroxylation is 1. The second-order valence-corrected chi connectivity index (χ2v) is 11.3. The molecule has 38 heavy (non-hydrogen) atoms. The van der Waals surface area contributed by atoms with Crippen molar-refractivity contribution < 1.29 is 36.4 Å². The van der Waals surface area contributed by atoms with Crippen molar-refractivity contribution in [2.75, 3.05) is 13.9 Å². The van der Waals surface area contributed by atoms with E-state index in [4.69, 9.17) is 30.0 Å². The largest absolute Gasteiger partial charge is 0.493 e. The molecule has 2 amide bonds. The number of halogens is 1. The summed E-state index contributed by atoms with van der Waals surface area (Å²) in [4.78, 5) is 27.0. The fourth-order valence-corrected chi connectivity index (χ4v) is 5.74. The molecule has 0 unspecified atom stereocenters. The number of carbonyl (C=O) groups excluding carboxylic acids is 2. The Kier molecular flexibility index (Phi) is 6.99. The molecule has 0 aromatic heterocycles. The number of nitrogens with zero attached hydrogens (tertiary/aromatic N) is 1. The van der Waals surface area contributed by atoms with Gasteiger partial charge in [-0.2, -0.15) is 8.42 Å². The lowest BCUT2D eigenvalue weighted by Crippen LogP contribution is -2.27. The Morgan fingerprint density at radius 1 is 1.03 bits per heavy atom. The number of ether oxygens (including phenoxy) is 3. The maximum Gasteiger partial charge on any atom is 0.339 e. The summed E-state index contributed by atoms with van der Waals surface area (Å²) in [5, 5.41) is -0.133. The molecule has 1 saturated heterocycles. The molecule has 0 N–H and O–H groups in total. The molecule has 2 aliphatic rings. The lowest BCUT2D eigenvalue weighted by molar-refractivity contribution is -0.123. The molecule has 12 heteroatoms. The highest BCUT2D eigenvalue weighted by Crippen LogP contribution is 2.40. The standard InChI is InChI=1S/C26H20ClNO8S2/c1-15-3-6-18(7-4-15)38(31,32)36-23-9-16(5-8-20(23)33-2)10-24-25(29)28(26(30)37-24)13-17-11-21-22(12-19(17)27)35-14-34-21/h3-12H,13-14H2,1-2H3/b24-10-. The van der Waals surface area contributed by atoms with Crippen molar-refractivity contribution in [3.63, 3.8) is 0 Å². The summed E-state index contributed by atoms with van der Waals surface area (Å²) < 4.78 is 46.9. The molecule has 0 spiro atoms. The minimum absolute atomic E-state index is 0.0150. The normalized spacial score (nSPS) is 15.9. The quantitative estimate of drug-likeness (QED) is 0.271. The van der Waals surface area contributed by atoms with Crippen molar-refractivity contribution in [3.8, 4) is 23.0 Å². The zero-order valence-corrected chi connectivity index (χ0v) is 22.5. The maximum absolute atomic E-state index is 13.1. The molecule has 0 radical (unpaired) electrons. The molecule has 0 saturated carbocycles. The number of hydrogen-bond donors (Lipinski definition) is 0. The molecule has 3 aromatic carbocycles. The van der Waals surface area contributed by atoms with Gasteiger partial charge in [-0.05, 0) is 66.2 Å². The lowest BCUT2D eigenvalue weighted by Gasteiger charge is -2.14. The average molecular weight is 574 g/mol. The zero-order chi connectivity index (χ0) is 27.0. The van der Waals surface area contributed by atoms with Crippen LogP contribution in [0.15, 0.2) is 64.4 Å². The molecule has 9 nitrogen and oxygen atoms in total. The Labute approximate surface area is 228 Å². The Balaban J connectivity index is 1.39. The van der Waals surface area contributed by atoms with Gasteiger partial charge in [-0.15, -0.1) is 0 Å². The number of rotatable bonds is 7. The van der Waals surface area contributed by atoms with Crippen LogP contribution in [0.2, 0.25) is 5.02 Å². The van der Waals surface area contributed by atoms with Gasteiger partial charge in [0, 0.05) is 11.1 Å². The smallest absolute Gasteiger partial charge is 0.339 e. The van der Waals surface area contributed by atoms with Crippen molar-refractivity contribution in [2.45, 2.75) is 18.4 Å². The predicted molar refractivity (Wildman–Crippen MR) is 141 cm³/mol. The Bertz CT molecular complexity index is 1590. The van der Waals surface area contributed by atoms with E-state index in [1.165, 1.54) is 37.5 Å². The molecular formula is C26H20ClNO8S2. The fraction of sp³-hybridized carbons (Fsp3) is 0.154. The number of fused-ring (bicyclic) bond motifs is 1. The van der Waals surface area contributed by atoms with Crippen molar-refractivity contribution in [1.29, 1.82) is 0 Å². The average Bonchev–Trinajstić information content (AvgIpc) is 3.43. The minimum Gasteiger partial charge on any atom is -0.493 e. The van der Waals surface area contributed by atoms with E-state index in [9.17, 15) is 18.0 Å². The number of benzene rings is 3. The van der Waals surface area contributed by atoms with E-state index < -0.39 is 21.3 Å². The molecule has 1 fully saturated rings. The summed E-state index contributed by atoms with van der Waals surface area (Å²) in [7, 11) is -2.76. The summed E-state index contributed by atoms with van der Waals surface area (Å²) >= 11 is 7.08. The van der Waals surface area contributed by atoms with Crippen LogP contribution in [-0.4, -0.2) is 38.4 Å². The van der Waals surface area contributed by atoms with Crippen molar-refractivity contribution in [1.82, 2.24) is 4.90 Å². The van der Waals surface area contributed by atoms with Crippen molar-refractivity contribution in [2.24, 2.45) is 0 Å². The molecule has 2 heterocycles. The van der Waals surface area contributed by atoms with Crippen LogP contribution >= 0.6 is 23.4 Å². The molecule has 0 bridgehead atoms. The zero-order valence-electron chi connectivity index (χ0n) is 20.1. The highest BCUT2D eigenvalue weighted by molar-refractivity contribution is 8.18. The van der Waals surface area contributed by atoms with Gasteiger partial charge in [-0.3, -0.25) is 14.5 Å². The van der Waals surface area contributed by atoms with E-state index in [1.54, 1.807) is 30.3 Å². The first-order chi connectivity index (χ1) is 18.1. The first-order valence-corrected chi connectivity index (χ1v) is 13.8. The highest BCUT2D eigenvalue weighted by Gasteiger charge is 2.36. The number of methoxy groups -OCH3 is 1. The van der Waals surface area contributed by atoms with Gasteiger partial charge < -0.3 is 18.4 Å². The molecule has 196 valence electrons. The van der Waals surface area contributed by atoms with Crippen LogP contribution in [0.3, 0.4) is 0 Å². The van der Waals surface area contributed by atoms with Gasteiger partial charge in [0.25, 0.3) is 11.1 Å². The SMILES string of the molecule is COc1ccc(/C=C2\SC(=O)N(Cc3cc4c(cc3Cl)OCO4)C2=O)cc1OS(=O)(=O)c1ccc(C)cc1. The van der Waals surface area contributed by atoms with Gasteiger partial charge in [0.15, 0.2) is 23.0 Å². The summed E-state index contributed by atoms with van der Waals surface area (Å²) in [6.45, 7) is 1.86. The van der Waals surface area contributed by atoms with Crippen LogP contribution in [0.5, 0.6) is 23.0 Å². The van der Waals surface area contributed by atoms with Gasteiger partial charge in [0.1, 0.15) is 4.90 Å². The van der Waals surface area contributed by atoms with E-state index in [1.807, 2.05) is 6.92 Å². The van der Waals surface area contributed by atoms with Gasteiger partial charge in [0.2, 0.25) is 6.79 Å². The Morgan fingerprint density at radius 2 is 1.74 bits per heavy atom. The first-order valence-electron chi connectivity index (χ1n) is 11.2. The molecular weight excluding hydrogens is 554 g/mol. The first kappa shape index (κ1) is 26.0. The van der Waals surface area contributed by atoms with E-state index >= 15 is 0 Å². The van der Waals surface area contributed by atoms with Crippen LogP contribution in [-0.2, 0) is 21.5 Å². The topological polar surface area (TPSA) is 108 Å².